The number of carbonyl (C=O) groups excluding carboxylic acids is 2. The molecule has 2 aromatic rings. The maximum Gasteiger partial charge on any atom is 0.257 e. The van der Waals surface area contributed by atoms with E-state index in [0.29, 0.717) is 36.5 Å². The third-order valence-corrected chi connectivity index (χ3v) is 4.79. The van der Waals surface area contributed by atoms with Gasteiger partial charge in [0.05, 0.1) is 11.8 Å². The van der Waals surface area contributed by atoms with Crippen LogP contribution in [0.4, 0.5) is 0 Å². The maximum atomic E-state index is 12.4. The molecule has 0 aromatic carbocycles. The topological polar surface area (TPSA) is 68.1 Å². The summed E-state index contributed by atoms with van der Waals surface area (Å²) in [7, 11) is 0. The SMILES string of the molecule is CCn1cc(C(=O)N2CCC(C(=O)c3nccs3)CC2)cn1. The highest BCUT2D eigenvalue weighted by atomic mass is 32.1. The van der Waals surface area contributed by atoms with E-state index in [0.717, 1.165) is 6.54 Å². The van der Waals surface area contributed by atoms with Crippen molar-refractivity contribution in [2.45, 2.75) is 26.3 Å². The number of amides is 1. The van der Waals surface area contributed by atoms with Crippen molar-refractivity contribution in [3.63, 3.8) is 0 Å². The zero-order valence-corrected chi connectivity index (χ0v) is 13.3. The van der Waals surface area contributed by atoms with Gasteiger partial charge in [-0.15, -0.1) is 11.3 Å². The predicted octanol–water partition coefficient (Wildman–Crippen LogP) is 2.09. The van der Waals surface area contributed by atoms with Crippen LogP contribution in [-0.4, -0.2) is 44.4 Å². The van der Waals surface area contributed by atoms with Crippen LogP contribution in [0.1, 0.15) is 39.9 Å². The van der Waals surface area contributed by atoms with Crippen LogP contribution < -0.4 is 0 Å². The molecule has 0 spiro atoms. The van der Waals surface area contributed by atoms with Gasteiger partial charge >= 0.3 is 0 Å². The summed E-state index contributed by atoms with van der Waals surface area (Å²) in [4.78, 5) is 30.6. The number of likely N-dealkylation sites (tertiary alicyclic amines) is 1. The molecule has 116 valence electrons. The Morgan fingerprint density at radius 1 is 1.36 bits per heavy atom. The van der Waals surface area contributed by atoms with Crippen molar-refractivity contribution in [2.24, 2.45) is 5.92 Å². The van der Waals surface area contributed by atoms with Gasteiger partial charge in [-0.1, -0.05) is 0 Å². The number of thiazole rings is 1. The Balaban J connectivity index is 1.59. The molecule has 2 aromatic heterocycles. The summed E-state index contributed by atoms with van der Waals surface area (Å²) in [6.45, 7) is 3.95. The minimum Gasteiger partial charge on any atom is -0.339 e. The number of aryl methyl sites for hydroxylation is 1. The second kappa shape index (κ2) is 6.39. The Hall–Kier alpha value is -2.02. The third kappa shape index (κ3) is 2.94. The molecule has 0 saturated carbocycles. The van der Waals surface area contributed by atoms with Gasteiger partial charge in [0.2, 0.25) is 0 Å². The highest BCUT2D eigenvalue weighted by molar-refractivity contribution is 7.11. The Kier molecular flexibility index (Phi) is 4.33. The molecule has 1 saturated heterocycles. The van der Waals surface area contributed by atoms with Crippen LogP contribution in [0.3, 0.4) is 0 Å². The average Bonchev–Trinajstić information content (AvgIpc) is 3.25. The quantitative estimate of drug-likeness (QED) is 0.810. The van der Waals surface area contributed by atoms with Crippen molar-refractivity contribution in [3.8, 4) is 0 Å². The van der Waals surface area contributed by atoms with E-state index in [1.54, 1.807) is 23.3 Å². The number of ketones is 1. The molecule has 0 atom stereocenters. The maximum absolute atomic E-state index is 12.4. The van der Waals surface area contributed by atoms with E-state index in [-0.39, 0.29) is 17.6 Å². The monoisotopic (exact) mass is 318 g/mol. The zero-order valence-electron chi connectivity index (χ0n) is 12.4. The van der Waals surface area contributed by atoms with Crippen LogP contribution in [0.2, 0.25) is 0 Å². The molecule has 7 heteroatoms. The van der Waals surface area contributed by atoms with Gasteiger partial charge in [0.1, 0.15) is 0 Å². The van der Waals surface area contributed by atoms with Crippen molar-refractivity contribution in [3.05, 3.63) is 34.5 Å². The fourth-order valence-electron chi connectivity index (χ4n) is 2.69. The lowest BCUT2D eigenvalue weighted by molar-refractivity contribution is 0.0650. The van der Waals surface area contributed by atoms with Crippen LogP contribution in [0, 0.1) is 5.92 Å². The molecule has 1 amide bonds. The van der Waals surface area contributed by atoms with Gasteiger partial charge in [0, 0.05) is 43.3 Å². The van der Waals surface area contributed by atoms with E-state index in [1.807, 2.05) is 17.2 Å². The first-order chi connectivity index (χ1) is 10.7. The summed E-state index contributed by atoms with van der Waals surface area (Å²) in [6, 6.07) is 0. The lowest BCUT2D eigenvalue weighted by Crippen LogP contribution is -2.40. The highest BCUT2D eigenvalue weighted by Gasteiger charge is 2.29. The minimum atomic E-state index is -0.0198. The van der Waals surface area contributed by atoms with Crippen LogP contribution in [0.15, 0.2) is 24.0 Å². The molecule has 0 unspecified atom stereocenters. The molecule has 3 heterocycles. The number of piperidine rings is 1. The molecule has 22 heavy (non-hydrogen) atoms. The van der Waals surface area contributed by atoms with Crippen LogP contribution in [-0.2, 0) is 6.54 Å². The lowest BCUT2D eigenvalue weighted by atomic mass is 9.92. The summed E-state index contributed by atoms with van der Waals surface area (Å²) in [5.74, 6) is 0.0920. The minimum absolute atomic E-state index is 0.000141. The first-order valence-corrected chi connectivity index (χ1v) is 8.32. The summed E-state index contributed by atoms with van der Waals surface area (Å²) in [6.07, 6.45) is 6.44. The molecule has 0 bridgehead atoms. The van der Waals surface area contributed by atoms with Crippen molar-refractivity contribution < 1.29 is 9.59 Å². The molecule has 1 aliphatic heterocycles. The molecular weight excluding hydrogens is 300 g/mol. The molecule has 3 rings (SSSR count). The number of hydrogen-bond acceptors (Lipinski definition) is 5. The van der Waals surface area contributed by atoms with Gasteiger partial charge in [-0.3, -0.25) is 14.3 Å². The van der Waals surface area contributed by atoms with Gasteiger partial charge < -0.3 is 4.90 Å². The molecule has 1 aliphatic rings. The van der Waals surface area contributed by atoms with E-state index in [4.69, 9.17) is 0 Å². The Labute approximate surface area is 132 Å². The van der Waals surface area contributed by atoms with Crippen LogP contribution >= 0.6 is 11.3 Å². The van der Waals surface area contributed by atoms with Crippen molar-refractivity contribution >= 4 is 23.0 Å². The van der Waals surface area contributed by atoms with E-state index in [2.05, 4.69) is 10.1 Å². The second-order valence-electron chi connectivity index (χ2n) is 5.35. The van der Waals surface area contributed by atoms with Gasteiger partial charge in [0.25, 0.3) is 5.91 Å². The Morgan fingerprint density at radius 2 is 2.14 bits per heavy atom. The molecule has 6 nitrogen and oxygen atoms in total. The smallest absolute Gasteiger partial charge is 0.257 e. The van der Waals surface area contributed by atoms with Crippen molar-refractivity contribution in [1.29, 1.82) is 0 Å². The van der Waals surface area contributed by atoms with Crippen molar-refractivity contribution in [2.75, 3.05) is 13.1 Å². The summed E-state index contributed by atoms with van der Waals surface area (Å²) >= 11 is 1.38. The molecular formula is C15H18N4O2S. The van der Waals surface area contributed by atoms with Gasteiger partial charge in [-0.05, 0) is 19.8 Å². The van der Waals surface area contributed by atoms with E-state index in [9.17, 15) is 9.59 Å². The normalized spacial score (nSPS) is 16.0. The number of nitrogens with zero attached hydrogens (tertiary/aromatic N) is 4. The lowest BCUT2D eigenvalue weighted by Gasteiger charge is -2.30. The van der Waals surface area contributed by atoms with Gasteiger partial charge in [0.15, 0.2) is 10.8 Å². The fourth-order valence-corrected chi connectivity index (χ4v) is 3.35. The van der Waals surface area contributed by atoms with E-state index < -0.39 is 0 Å². The van der Waals surface area contributed by atoms with Gasteiger partial charge in [-0.2, -0.15) is 5.10 Å². The summed E-state index contributed by atoms with van der Waals surface area (Å²) in [5, 5.41) is 6.53. The fraction of sp³-hybridized carbons (Fsp3) is 0.467. The third-order valence-electron chi connectivity index (χ3n) is 4.00. The first-order valence-electron chi connectivity index (χ1n) is 7.44. The first kappa shape index (κ1) is 14.9. The van der Waals surface area contributed by atoms with Crippen LogP contribution in [0.5, 0.6) is 0 Å². The van der Waals surface area contributed by atoms with E-state index in [1.165, 1.54) is 11.3 Å². The average molecular weight is 318 g/mol. The van der Waals surface area contributed by atoms with Crippen LogP contribution in [0.25, 0.3) is 0 Å². The number of Topliss-reactive ketones (excluding diaryl/α,β-unsaturated/α-hetero) is 1. The molecule has 0 aliphatic carbocycles. The second-order valence-corrected chi connectivity index (χ2v) is 6.25. The largest absolute Gasteiger partial charge is 0.339 e. The summed E-state index contributed by atoms with van der Waals surface area (Å²) < 4.78 is 1.74. The highest BCUT2D eigenvalue weighted by Crippen LogP contribution is 2.23. The Morgan fingerprint density at radius 3 is 2.73 bits per heavy atom. The zero-order chi connectivity index (χ0) is 15.5. The summed E-state index contributed by atoms with van der Waals surface area (Å²) in [5.41, 5.74) is 0.617. The number of aromatic nitrogens is 3. The number of carbonyl (C=O) groups is 2. The Bertz CT molecular complexity index is 657. The molecule has 0 radical (unpaired) electrons. The van der Waals surface area contributed by atoms with Gasteiger partial charge in [-0.25, -0.2) is 4.98 Å². The molecule has 0 N–H and O–H groups in total. The number of rotatable bonds is 4. The molecule has 1 fully saturated rings. The number of hydrogen-bond donors (Lipinski definition) is 0. The van der Waals surface area contributed by atoms with Crippen molar-refractivity contribution in [1.82, 2.24) is 19.7 Å². The standard InChI is InChI=1S/C15H18N4O2S/c1-2-19-10-12(9-17-19)15(21)18-6-3-11(4-7-18)13(20)14-16-5-8-22-14/h5,8-11H,2-4,6-7H2,1H3. The van der Waals surface area contributed by atoms with E-state index >= 15 is 0 Å². The predicted molar refractivity (Wildman–Crippen MR) is 83.0 cm³/mol.